The van der Waals surface area contributed by atoms with E-state index < -0.39 is 0 Å². The fraction of sp³-hybridized carbons (Fsp3) is 0.458. The van der Waals surface area contributed by atoms with Gasteiger partial charge in [0, 0.05) is 69.7 Å². The van der Waals surface area contributed by atoms with E-state index in [-0.39, 0.29) is 18.3 Å². The average molecular weight is 429 g/mol. The van der Waals surface area contributed by atoms with Gasteiger partial charge in [0.1, 0.15) is 0 Å². The van der Waals surface area contributed by atoms with Crippen LogP contribution in [0.25, 0.3) is 0 Å². The lowest BCUT2D eigenvalue weighted by atomic mass is 10.1. The number of carbonyl (C=O) groups is 1. The van der Waals surface area contributed by atoms with Crippen molar-refractivity contribution in [1.82, 2.24) is 15.1 Å². The third kappa shape index (κ3) is 5.34. The van der Waals surface area contributed by atoms with Gasteiger partial charge in [-0.1, -0.05) is 30.3 Å². The fourth-order valence-corrected chi connectivity index (χ4v) is 4.46. The molecule has 2 aromatic carbocycles. The number of amides is 1. The molecule has 30 heavy (non-hydrogen) atoms. The van der Waals surface area contributed by atoms with Gasteiger partial charge in [-0.05, 0) is 43.2 Å². The molecule has 0 saturated carbocycles. The maximum Gasteiger partial charge on any atom is 0.253 e. The van der Waals surface area contributed by atoms with Crippen molar-refractivity contribution in [1.29, 1.82) is 0 Å². The second-order valence-corrected chi connectivity index (χ2v) is 8.03. The van der Waals surface area contributed by atoms with Crippen LogP contribution in [0.15, 0.2) is 54.6 Å². The lowest BCUT2D eigenvalue weighted by Crippen LogP contribution is -2.49. The van der Waals surface area contributed by atoms with Gasteiger partial charge >= 0.3 is 0 Å². The predicted octanol–water partition coefficient (Wildman–Crippen LogP) is 3.25. The Kier molecular flexibility index (Phi) is 8.14. The van der Waals surface area contributed by atoms with Crippen LogP contribution in [0.1, 0.15) is 29.3 Å². The highest BCUT2D eigenvalue weighted by molar-refractivity contribution is 5.94. The number of nitrogens with one attached hydrogen (secondary N) is 1. The summed E-state index contributed by atoms with van der Waals surface area (Å²) in [5.41, 5.74) is 3.25. The van der Waals surface area contributed by atoms with Gasteiger partial charge in [-0.2, -0.15) is 0 Å². The zero-order chi connectivity index (χ0) is 20.1. The van der Waals surface area contributed by atoms with E-state index in [1.54, 1.807) is 0 Å². The average Bonchev–Trinajstić information content (AvgIpc) is 3.29. The Morgan fingerprint density at radius 1 is 1.03 bits per heavy atom. The molecule has 1 N–H and O–H groups in total. The molecular weight excluding hydrogens is 396 g/mol. The molecule has 2 aliphatic heterocycles. The van der Waals surface area contributed by atoms with Crippen LogP contribution in [0.2, 0.25) is 0 Å². The molecule has 0 aromatic heterocycles. The van der Waals surface area contributed by atoms with Crippen LogP contribution in [0.4, 0.5) is 5.69 Å². The first-order valence-electron chi connectivity index (χ1n) is 10.9. The van der Waals surface area contributed by atoms with E-state index in [0.29, 0.717) is 6.04 Å². The summed E-state index contributed by atoms with van der Waals surface area (Å²) in [6.45, 7) is 10.0. The van der Waals surface area contributed by atoms with Crippen molar-refractivity contribution >= 4 is 24.0 Å². The number of halogens is 1. The highest BCUT2D eigenvalue weighted by atomic mass is 35.5. The molecule has 2 fully saturated rings. The van der Waals surface area contributed by atoms with E-state index in [9.17, 15) is 4.79 Å². The standard InChI is InChI=1S/C24H32N4O.ClH/c1-2-26(18-20-6-4-3-5-7-20)22-10-8-21(9-11-22)24(29)28-15-12-23(19-28)27-16-13-25-14-17-27;/h3-11,23,25H,2,12-19H2,1H3;1H. The van der Waals surface area contributed by atoms with Gasteiger partial charge in [-0.15, -0.1) is 12.4 Å². The Labute approximate surface area is 186 Å². The number of piperazine rings is 1. The van der Waals surface area contributed by atoms with Gasteiger partial charge < -0.3 is 15.1 Å². The van der Waals surface area contributed by atoms with Crippen molar-refractivity contribution < 1.29 is 4.79 Å². The Hall–Kier alpha value is -2.08. The summed E-state index contributed by atoms with van der Waals surface area (Å²) in [6, 6.07) is 19.2. The van der Waals surface area contributed by atoms with Gasteiger partial charge in [0.25, 0.3) is 5.91 Å². The SMILES string of the molecule is CCN(Cc1ccccc1)c1ccc(C(=O)N2CCC(N3CCNCC3)C2)cc1.Cl. The normalized spacial score (nSPS) is 19.4. The summed E-state index contributed by atoms with van der Waals surface area (Å²) in [5.74, 6) is 0.167. The van der Waals surface area contributed by atoms with Crippen molar-refractivity contribution in [2.24, 2.45) is 0 Å². The third-order valence-corrected chi connectivity index (χ3v) is 6.20. The molecular formula is C24H33ClN4O. The molecule has 2 aromatic rings. The first-order valence-corrected chi connectivity index (χ1v) is 10.9. The highest BCUT2D eigenvalue weighted by Crippen LogP contribution is 2.22. The minimum absolute atomic E-state index is 0. The van der Waals surface area contributed by atoms with Crippen molar-refractivity contribution in [2.45, 2.75) is 25.9 Å². The van der Waals surface area contributed by atoms with Crippen LogP contribution in [0, 0.1) is 0 Å². The summed E-state index contributed by atoms with van der Waals surface area (Å²) in [4.78, 5) is 19.9. The van der Waals surface area contributed by atoms with Gasteiger partial charge in [-0.3, -0.25) is 9.69 Å². The number of rotatable bonds is 6. The predicted molar refractivity (Wildman–Crippen MR) is 126 cm³/mol. The molecule has 4 rings (SSSR count). The van der Waals surface area contributed by atoms with E-state index in [0.717, 1.165) is 70.0 Å². The fourth-order valence-electron chi connectivity index (χ4n) is 4.46. The lowest BCUT2D eigenvalue weighted by molar-refractivity contribution is 0.0773. The number of likely N-dealkylation sites (tertiary alicyclic amines) is 1. The smallest absolute Gasteiger partial charge is 0.253 e. The van der Waals surface area contributed by atoms with Crippen LogP contribution in [-0.2, 0) is 6.54 Å². The molecule has 0 bridgehead atoms. The molecule has 0 spiro atoms. The maximum absolute atomic E-state index is 13.0. The van der Waals surface area contributed by atoms with Gasteiger partial charge in [-0.25, -0.2) is 0 Å². The van der Waals surface area contributed by atoms with Crippen molar-refractivity contribution in [3.63, 3.8) is 0 Å². The molecule has 0 radical (unpaired) electrons. The number of hydrogen-bond acceptors (Lipinski definition) is 4. The molecule has 5 nitrogen and oxygen atoms in total. The second kappa shape index (κ2) is 10.8. The van der Waals surface area contributed by atoms with Crippen LogP contribution < -0.4 is 10.2 Å². The molecule has 2 saturated heterocycles. The summed E-state index contributed by atoms with van der Waals surface area (Å²) < 4.78 is 0. The molecule has 1 atom stereocenters. The Balaban J connectivity index is 0.00000256. The Morgan fingerprint density at radius 3 is 2.40 bits per heavy atom. The topological polar surface area (TPSA) is 38.8 Å². The largest absolute Gasteiger partial charge is 0.367 e. The molecule has 0 aliphatic carbocycles. The van der Waals surface area contributed by atoms with E-state index in [1.165, 1.54) is 5.56 Å². The lowest BCUT2D eigenvalue weighted by Gasteiger charge is -2.32. The number of benzene rings is 2. The quantitative estimate of drug-likeness (QED) is 0.766. The zero-order valence-corrected chi connectivity index (χ0v) is 18.6. The van der Waals surface area contributed by atoms with E-state index >= 15 is 0 Å². The summed E-state index contributed by atoms with van der Waals surface area (Å²) >= 11 is 0. The van der Waals surface area contributed by atoms with Gasteiger partial charge in [0.05, 0.1) is 0 Å². The van der Waals surface area contributed by atoms with Crippen molar-refractivity contribution in [3.8, 4) is 0 Å². The van der Waals surface area contributed by atoms with E-state index in [4.69, 9.17) is 0 Å². The number of nitrogens with zero attached hydrogens (tertiary/aromatic N) is 3. The van der Waals surface area contributed by atoms with Gasteiger partial charge in [0.15, 0.2) is 0 Å². The van der Waals surface area contributed by atoms with Crippen molar-refractivity contribution in [2.75, 3.05) is 50.7 Å². The molecule has 162 valence electrons. The third-order valence-electron chi connectivity index (χ3n) is 6.20. The summed E-state index contributed by atoms with van der Waals surface area (Å²) in [5, 5.41) is 3.41. The first kappa shape index (κ1) is 22.6. The summed E-state index contributed by atoms with van der Waals surface area (Å²) in [6.07, 6.45) is 1.09. The molecule has 6 heteroatoms. The molecule has 2 heterocycles. The monoisotopic (exact) mass is 428 g/mol. The minimum Gasteiger partial charge on any atom is -0.367 e. The van der Waals surface area contributed by atoms with Gasteiger partial charge in [0.2, 0.25) is 0 Å². The number of anilines is 1. The maximum atomic E-state index is 13.0. The van der Waals surface area contributed by atoms with Crippen LogP contribution in [0.3, 0.4) is 0 Å². The van der Waals surface area contributed by atoms with E-state index in [1.807, 2.05) is 23.1 Å². The molecule has 1 amide bonds. The van der Waals surface area contributed by atoms with Crippen LogP contribution >= 0.6 is 12.4 Å². The second-order valence-electron chi connectivity index (χ2n) is 8.03. The first-order chi connectivity index (χ1) is 14.2. The Morgan fingerprint density at radius 2 is 1.73 bits per heavy atom. The number of hydrogen-bond donors (Lipinski definition) is 1. The molecule has 2 aliphatic rings. The van der Waals surface area contributed by atoms with E-state index in [2.05, 4.69) is 58.4 Å². The van der Waals surface area contributed by atoms with Crippen LogP contribution in [0.5, 0.6) is 0 Å². The van der Waals surface area contributed by atoms with Crippen molar-refractivity contribution in [3.05, 3.63) is 65.7 Å². The Bertz CT molecular complexity index is 793. The highest BCUT2D eigenvalue weighted by Gasteiger charge is 2.31. The minimum atomic E-state index is 0. The molecule has 1 unspecified atom stereocenters. The number of carbonyl (C=O) groups excluding carboxylic acids is 1. The van der Waals surface area contributed by atoms with Crippen LogP contribution in [-0.4, -0.2) is 67.6 Å². The summed E-state index contributed by atoms with van der Waals surface area (Å²) in [7, 11) is 0. The zero-order valence-electron chi connectivity index (χ0n) is 17.8.